The van der Waals surface area contributed by atoms with Gasteiger partial charge in [-0.3, -0.25) is 4.99 Å². The van der Waals surface area contributed by atoms with Crippen molar-refractivity contribution in [2.75, 3.05) is 34.3 Å². The Bertz CT molecular complexity index is 457. The number of benzene rings is 1. The number of likely N-dealkylation sites (N-methyl/N-ethyl adjacent to an activating group) is 1. The molecule has 0 aliphatic rings. The van der Waals surface area contributed by atoms with E-state index in [9.17, 15) is 0 Å². The van der Waals surface area contributed by atoms with E-state index >= 15 is 0 Å². The minimum atomic E-state index is 0.161. The van der Waals surface area contributed by atoms with Crippen molar-refractivity contribution in [2.45, 2.75) is 19.9 Å². The molecule has 3 N–H and O–H groups in total. The normalized spacial score (nSPS) is 13.6. The molecule has 1 aromatic carbocycles. The maximum atomic E-state index is 5.91. The van der Waals surface area contributed by atoms with Gasteiger partial charge in [0.05, 0.1) is 13.2 Å². The first-order valence-electron chi connectivity index (χ1n) is 7.28. The number of para-hydroxylation sites is 1. The number of guanidine groups is 1. The standard InChI is InChI=1S/C16H28N4O/c1-12(2)10-18-16(17)19-11-14(20(3)4)13-8-6-7-9-15(13)21-5/h6-9,12,14H,10-11H2,1-5H3,(H3,17,18,19). The second-order valence-electron chi connectivity index (χ2n) is 5.72. The van der Waals surface area contributed by atoms with Crippen LogP contribution in [-0.4, -0.2) is 45.2 Å². The van der Waals surface area contributed by atoms with E-state index in [2.05, 4.69) is 35.1 Å². The van der Waals surface area contributed by atoms with Gasteiger partial charge in [-0.25, -0.2) is 0 Å². The van der Waals surface area contributed by atoms with Crippen molar-refractivity contribution in [3.8, 4) is 5.75 Å². The molecule has 5 nitrogen and oxygen atoms in total. The highest BCUT2D eigenvalue weighted by atomic mass is 16.5. The van der Waals surface area contributed by atoms with Crippen LogP contribution >= 0.6 is 0 Å². The minimum Gasteiger partial charge on any atom is -0.496 e. The SMILES string of the molecule is COc1ccccc1C(CNC(N)=NCC(C)C)N(C)C. The third-order valence-corrected chi connectivity index (χ3v) is 3.22. The molecule has 0 aliphatic heterocycles. The number of methoxy groups -OCH3 is 1. The molecule has 0 fully saturated rings. The highest BCUT2D eigenvalue weighted by Gasteiger charge is 2.18. The topological polar surface area (TPSA) is 62.9 Å². The number of aliphatic imine (C=N–C) groups is 1. The van der Waals surface area contributed by atoms with Crippen molar-refractivity contribution >= 4 is 5.96 Å². The van der Waals surface area contributed by atoms with Crippen molar-refractivity contribution in [3.05, 3.63) is 29.8 Å². The van der Waals surface area contributed by atoms with Crippen LogP contribution in [0.4, 0.5) is 0 Å². The Balaban J connectivity index is 2.77. The fraction of sp³-hybridized carbons (Fsp3) is 0.562. The van der Waals surface area contributed by atoms with E-state index in [-0.39, 0.29) is 6.04 Å². The molecule has 118 valence electrons. The van der Waals surface area contributed by atoms with Crippen LogP contribution in [0.5, 0.6) is 5.75 Å². The van der Waals surface area contributed by atoms with E-state index in [1.807, 2.05) is 32.3 Å². The average Bonchev–Trinajstić information content (AvgIpc) is 2.45. The molecule has 0 amide bonds. The molecule has 0 saturated heterocycles. The van der Waals surface area contributed by atoms with E-state index in [0.29, 0.717) is 18.4 Å². The molecule has 1 aromatic rings. The van der Waals surface area contributed by atoms with Gasteiger partial charge in [0.1, 0.15) is 5.75 Å². The van der Waals surface area contributed by atoms with Crippen LogP contribution in [0.15, 0.2) is 29.3 Å². The van der Waals surface area contributed by atoms with Crippen LogP contribution in [0.3, 0.4) is 0 Å². The Labute approximate surface area is 128 Å². The molecule has 1 rings (SSSR count). The predicted octanol–water partition coefficient (Wildman–Crippen LogP) is 1.86. The van der Waals surface area contributed by atoms with Crippen molar-refractivity contribution in [1.82, 2.24) is 10.2 Å². The summed E-state index contributed by atoms with van der Waals surface area (Å²) in [5.41, 5.74) is 7.04. The van der Waals surface area contributed by atoms with Crippen molar-refractivity contribution in [1.29, 1.82) is 0 Å². The summed E-state index contributed by atoms with van der Waals surface area (Å²) >= 11 is 0. The fourth-order valence-electron chi connectivity index (χ4n) is 2.05. The summed E-state index contributed by atoms with van der Waals surface area (Å²) in [6.45, 7) is 5.66. The Morgan fingerprint density at radius 1 is 1.33 bits per heavy atom. The van der Waals surface area contributed by atoms with Gasteiger partial charge in [0.15, 0.2) is 5.96 Å². The lowest BCUT2D eigenvalue weighted by atomic mass is 10.0. The molecule has 21 heavy (non-hydrogen) atoms. The molecule has 0 bridgehead atoms. The average molecular weight is 292 g/mol. The van der Waals surface area contributed by atoms with E-state index in [1.54, 1.807) is 7.11 Å². The highest BCUT2D eigenvalue weighted by molar-refractivity contribution is 5.77. The van der Waals surface area contributed by atoms with Gasteiger partial charge in [0.25, 0.3) is 0 Å². The van der Waals surface area contributed by atoms with Crippen LogP contribution in [0.25, 0.3) is 0 Å². The number of nitrogens with one attached hydrogen (secondary N) is 1. The summed E-state index contributed by atoms with van der Waals surface area (Å²) in [4.78, 5) is 6.46. The molecule has 0 saturated carbocycles. The lowest BCUT2D eigenvalue weighted by Crippen LogP contribution is -2.39. The van der Waals surface area contributed by atoms with Gasteiger partial charge < -0.3 is 20.7 Å². The summed E-state index contributed by atoms with van der Waals surface area (Å²) in [5, 5.41) is 3.20. The number of nitrogens with zero attached hydrogens (tertiary/aromatic N) is 2. The Morgan fingerprint density at radius 2 is 2.00 bits per heavy atom. The molecule has 0 radical (unpaired) electrons. The Kier molecular flexibility index (Phi) is 7.02. The molecule has 0 aromatic heterocycles. The van der Waals surface area contributed by atoms with Gasteiger partial charge in [-0.2, -0.15) is 0 Å². The van der Waals surface area contributed by atoms with E-state index in [0.717, 1.165) is 17.9 Å². The smallest absolute Gasteiger partial charge is 0.188 e. The van der Waals surface area contributed by atoms with Gasteiger partial charge in [0.2, 0.25) is 0 Å². The number of rotatable bonds is 7. The fourth-order valence-corrected chi connectivity index (χ4v) is 2.05. The van der Waals surface area contributed by atoms with E-state index in [1.165, 1.54) is 0 Å². The molecule has 1 unspecified atom stereocenters. The van der Waals surface area contributed by atoms with Gasteiger partial charge >= 0.3 is 0 Å². The lowest BCUT2D eigenvalue weighted by Gasteiger charge is -2.26. The second-order valence-corrected chi connectivity index (χ2v) is 5.72. The first kappa shape index (κ1) is 17.3. The predicted molar refractivity (Wildman–Crippen MR) is 88.8 cm³/mol. The molecule has 0 aliphatic carbocycles. The summed E-state index contributed by atoms with van der Waals surface area (Å²) < 4.78 is 5.45. The number of ether oxygens (including phenoxy) is 1. The molecular formula is C16H28N4O. The van der Waals surface area contributed by atoms with Crippen LogP contribution in [0.2, 0.25) is 0 Å². The monoisotopic (exact) mass is 292 g/mol. The first-order chi connectivity index (χ1) is 9.95. The summed E-state index contributed by atoms with van der Waals surface area (Å²) in [6.07, 6.45) is 0. The Morgan fingerprint density at radius 3 is 2.57 bits per heavy atom. The third kappa shape index (κ3) is 5.63. The third-order valence-electron chi connectivity index (χ3n) is 3.22. The van der Waals surface area contributed by atoms with Gasteiger partial charge in [-0.1, -0.05) is 32.0 Å². The maximum absolute atomic E-state index is 5.91. The van der Waals surface area contributed by atoms with Crippen LogP contribution < -0.4 is 15.8 Å². The van der Waals surface area contributed by atoms with Crippen LogP contribution in [0, 0.1) is 5.92 Å². The van der Waals surface area contributed by atoms with Gasteiger partial charge in [-0.15, -0.1) is 0 Å². The molecule has 5 heteroatoms. The van der Waals surface area contributed by atoms with Crippen molar-refractivity contribution in [2.24, 2.45) is 16.6 Å². The van der Waals surface area contributed by atoms with Crippen LogP contribution in [0.1, 0.15) is 25.5 Å². The van der Waals surface area contributed by atoms with Gasteiger partial charge in [-0.05, 0) is 26.1 Å². The molecule has 0 heterocycles. The number of hydrogen-bond acceptors (Lipinski definition) is 3. The summed E-state index contributed by atoms with van der Waals surface area (Å²) in [7, 11) is 5.78. The van der Waals surface area contributed by atoms with Crippen LogP contribution in [-0.2, 0) is 0 Å². The van der Waals surface area contributed by atoms with Gasteiger partial charge in [0, 0.05) is 18.7 Å². The lowest BCUT2D eigenvalue weighted by molar-refractivity contribution is 0.288. The molecular weight excluding hydrogens is 264 g/mol. The highest BCUT2D eigenvalue weighted by Crippen LogP contribution is 2.27. The largest absolute Gasteiger partial charge is 0.496 e. The quantitative estimate of drug-likeness (QED) is 0.595. The van der Waals surface area contributed by atoms with Crippen molar-refractivity contribution < 1.29 is 4.74 Å². The number of hydrogen-bond donors (Lipinski definition) is 2. The van der Waals surface area contributed by atoms with Crippen molar-refractivity contribution in [3.63, 3.8) is 0 Å². The van der Waals surface area contributed by atoms with E-state index < -0.39 is 0 Å². The maximum Gasteiger partial charge on any atom is 0.188 e. The summed E-state index contributed by atoms with van der Waals surface area (Å²) in [5.74, 6) is 1.88. The Hall–Kier alpha value is -1.75. The number of nitrogens with two attached hydrogens (primary N) is 1. The zero-order valence-electron chi connectivity index (χ0n) is 13.8. The first-order valence-corrected chi connectivity index (χ1v) is 7.28. The zero-order valence-corrected chi connectivity index (χ0v) is 13.8. The molecule has 0 spiro atoms. The second kappa shape index (κ2) is 8.52. The zero-order chi connectivity index (χ0) is 15.8. The van der Waals surface area contributed by atoms with E-state index in [4.69, 9.17) is 10.5 Å². The summed E-state index contributed by atoms with van der Waals surface area (Å²) in [6, 6.07) is 8.20. The molecule has 1 atom stereocenters. The minimum absolute atomic E-state index is 0.161.